The number of nitrogens with zero attached hydrogens (tertiary/aromatic N) is 2. The summed E-state index contributed by atoms with van der Waals surface area (Å²) in [5.74, 6) is -0.448. The zero-order valence-corrected chi connectivity index (χ0v) is 9.24. The van der Waals surface area contributed by atoms with E-state index in [-0.39, 0.29) is 11.5 Å². The van der Waals surface area contributed by atoms with Crippen LogP contribution < -0.4 is 0 Å². The summed E-state index contributed by atoms with van der Waals surface area (Å²) in [4.78, 5) is 7.27. The summed E-state index contributed by atoms with van der Waals surface area (Å²) in [5, 5.41) is 0.326. The van der Waals surface area contributed by atoms with Crippen molar-refractivity contribution in [2.24, 2.45) is 0 Å². The number of halogens is 2. The van der Waals surface area contributed by atoms with Crippen LogP contribution in [0.4, 0.5) is 4.39 Å². The van der Waals surface area contributed by atoms with Gasteiger partial charge in [0.2, 0.25) is 9.05 Å². The molecule has 1 aromatic rings. The van der Waals surface area contributed by atoms with Gasteiger partial charge in [0.05, 0.1) is 18.1 Å². The van der Waals surface area contributed by atoms with Crippen molar-refractivity contribution in [3.05, 3.63) is 18.2 Å². The maximum atomic E-state index is 12.3. The monoisotopic (exact) mass is 256 g/mol. The molecule has 0 atom stereocenters. The van der Waals surface area contributed by atoms with Gasteiger partial charge in [-0.3, -0.25) is 0 Å². The van der Waals surface area contributed by atoms with Gasteiger partial charge in [0, 0.05) is 16.4 Å². The van der Waals surface area contributed by atoms with Crippen molar-refractivity contribution >= 4 is 31.5 Å². The van der Waals surface area contributed by atoms with E-state index in [2.05, 4.69) is 9.97 Å². The lowest BCUT2D eigenvalue weighted by atomic mass is 10.7. The van der Waals surface area contributed by atoms with Gasteiger partial charge in [-0.1, -0.05) is 11.8 Å². The van der Waals surface area contributed by atoms with Crippen molar-refractivity contribution < 1.29 is 12.8 Å². The second-order valence-electron chi connectivity index (χ2n) is 2.28. The zero-order chi connectivity index (χ0) is 10.6. The summed E-state index contributed by atoms with van der Waals surface area (Å²) >= 11 is 1.10. The van der Waals surface area contributed by atoms with E-state index in [9.17, 15) is 12.8 Å². The SMILES string of the molecule is O=S(=O)(Cl)CCSc1ncc(F)cn1. The highest BCUT2D eigenvalue weighted by molar-refractivity contribution is 8.14. The molecule has 0 bridgehead atoms. The van der Waals surface area contributed by atoms with Gasteiger partial charge in [-0.25, -0.2) is 22.8 Å². The van der Waals surface area contributed by atoms with E-state index in [1.807, 2.05) is 0 Å². The average Bonchev–Trinajstić information content (AvgIpc) is 2.06. The predicted molar refractivity (Wildman–Crippen MR) is 52.4 cm³/mol. The van der Waals surface area contributed by atoms with Crippen LogP contribution in [0.15, 0.2) is 17.6 Å². The lowest BCUT2D eigenvalue weighted by Gasteiger charge is -1.97. The molecular formula is C6H6ClFN2O2S2. The Balaban J connectivity index is 2.43. The summed E-state index contributed by atoms with van der Waals surface area (Å²) < 4.78 is 33.4. The molecule has 0 unspecified atom stereocenters. The third kappa shape index (κ3) is 4.73. The molecule has 0 amide bonds. The minimum atomic E-state index is -3.48. The van der Waals surface area contributed by atoms with Crippen LogP contribution in [0.5, 0.6) is 0 Å². The van der Waals surface area contributed by atoms with Crippen molar-refractivity contribution in [1.29, 1.82) is 0 Å². The number of thioether (sulfide) groups is 1. The second-order valence-corrected chi connectivity index (χ2v) is 6.23. The van der Waals surface area contributed by atoms with E-state index in [0.717, 1.165) is 24.2 Å². The van der Waals surface area contributed by atoms with Gasteiger partial charge in [0.25, 0.3) is 0 Å². The van der Waals surface area contributed by atoms with Gasteiger partial charge in [0.1, 0.15) is 0 Å². The Labute approximate surface area is 89.3 Å². The predicted octanol–water partition coefficient (Wildman–Crippen LogP) is 1.28. The van der Waals surface area contributed by atoms with Crippen molar-refractivity contribution in [2.75, 3.05) is 11.5 Å². The van der Waals surface area contributed by atoms with Crippen LogP contribution in [0.25, 0.3) is 0 Å². The Morgan fingerprint density at radius 2 is 2.00 bits per heavy atom. The first-order valence-corrected chi connectivity index (χ1v) is 6.96. The maximum Gasteiger partial charge on any atom is 0.233 e. The molecule has 0 aromatic carbocycles. The van der Waals surface area contributed by atoms with Crippen LogP contribution in [0.3, 0.4) is 0 Å². The number of aromatic nitrogens is 2. The van der Waals surface area contributed by atoms with Crippen LogP contribution in [-0.4, -0.2) is 29.9 Å². The van der Waals surface area contributed by atoms with Gasteiger partial charge in [-0.05, 0) is 0 Å². The fourth-order valence-corrected chi connectivity index (χ4v) is 2.74. The summed E-state index contributed by atoms with van der Waals surface area (Å²) in [7, 11) is 1.50. The Morgan fingerprint density at radius 3 is 2.50 bits per heavy atom. The van der Waals surface area contributed by atoms with Crippen molar-refractivity contribution in [2.45, 2.75) is 5.16 Å². The normalized spacial score (nSPS) is 11.6. The van der Waals surface area contributed by atoms with Crippen molar-refractivity contribution in [1.82, 2.24) is 9.97 Å². The molecule has 0 fully saturated rings. The molecule has 8 heteroatoms. The highest BCUT2D eigenvalue weighted by atomic mass is 35.7. The highest BCUT2D eigenvalue weighted by Gasteiger charge is 2.06. The Morgan fingerprint density at radius 1 is 1.43 bits per heavy atom. The highest BCUT2D eigenvalue weighted by Crippen LogP contribution is 2.13. The molecule has 0 spiro atoms. The van der Waals surface area contributed by atoms with E-state index >= 15 is 0 Å². The topological polar surface area (TPSA) is 59.9 Å². The third-order valence-electron chi connectivity index (χ3n) is 1.15. The lowest BCUT2D eigenvalue weighted by molar-refractivity contribution is 0.605. The number of hydrogen-bond acceptors (Lipinski definition) is 5. The van der Waals surface area contributed by atoms with Crippen LogP contribution in [0, 0.1) is 5.82 Å². The minimum Gasteiger partial charge on any atom is -0.228 e. The molecule has 0 aliphatic heterocycles. The first-order valence-electron chi connectivity index (χ1n) is 3.50. The van der Waals surface area contributed by atoms with E-state index in [1.165, 1.54) is 0 Å². The van der Waals surface area contributed by atoms with Crippen LogP contribution in [0.1, 0.15) is 0 Å². The summed E-state index contributed by atoms with van der Waals surface area (Å²) in [6.45, 7) is 0. The average molecular weight is 257 g/mol. The van der Waals surface area contributed by atoms with Crippen LogP contribution in [-0.2, 0) is 9.05 Å². The Hall–Kier alpha value is -0.400. The van der Waals surface area contributed by atoms with Crippen molar-refractivity contribution in [3.8, 4) is 0 Å². The van der Waals surface area contributed by atoms with E-state index in [0.29, 0.717) is 5.16 Å². The Kier molecular flexibility index (Phi) is 4.09. The third-order valence-corrected chi connectivity index (χ3v) is 3.45. The van der Waals surface area contributed by atoms with Crippen LogP contribution >= 0.6 is 22.4 Å². The molecule has 0 aliphatic rings. The van der Waals surface area contributed by atoms with E-state index in [1.54, 1.807) is 0 Å². The molecule has 1 heterocycles. The molecule has 0 radical (unpaired) electrons. The largest absolute Gasteiger partial charge is 0.233 e. The molecule has 0 saturated heterocycles. The second kappa shape index (κ2) is 4.90. The molecule has 1 rings (SSSR count). The van der Waals surface area contributed by atoms with Gasteiger partial charge < -0.3 is 0 Å². The summed E-state index contributed by atoms with van der Waals surface area (Å²) in [6.07, 6.45) is 2.04. The molecule has 0 saturated carbocycles. The fourth-order valence-electron chi connectivity index (χ4n) is 0.607. The molecular weight excluding hydrogens is 251 g/mol. The summed E-state index contributed by atoms with van der Waals surface area (Å²) in [5.41, 5.74) is 0. The molecule has 4 nitrogen and oxygen atoms in total. The molecule has 0 N–H and O–H groups in total. The maximum absolute atomic E-state index is 12.3. The lowest BCUT2D eigenvalue weighted by Crippen LogP contribution is -2.00. The minimum absolute atomic E-state index is 0.167. The van der Waals surface area contributed by atoms with Crippen molar-refractivity contribution in [3.63, 3.8) is 0 Å². The zero-order valence-electron chi connectivity index (χ0n) is 6.85. The van der Waals surface area contributed by atoms with E-state index in [4.69, 9.17) is 10.7 Å². The first-order chi connectivity index (χ1) is 6.47. The molecule has 78 valence electrons. The van der Waals surface area contributed by atoms with E-state index < -0.39 is 14.9 Å². The Bertz CT molecular complexity index is 395. The van der Waals surface area contributed by atoms with Gasteiger partial charge >= 0.3 is 0 Å². The standard InChI is InChI=1S/C6H6ClFN2O2S2/c7-14(11,12)2-1-13-6-9-3-5(8)4-10-6/h3-4H,1-2H2. The summed E-state index contributed by atoms with van der Waals surface area (Å²) in [6, 6.07) is 0. The fraction of sp³-hybridized carbons (Fsp3) is 0.333. The van der Waals surface area contributed by atoms with Gasteiger partial charge in [0.15, 0.2) is 11.0 Å². The van der Waals surface area contributed by atoms with Crippen LogP contribution in [0.2, 0.25) is 0 Å². The molecule has 0 aliphatic carbocycles. The molecule has 14 heavy (non-hydrogen) atoms. The smallest absolute Gasteiger partial charge is 0.228 e. The number of hydrogen-bond donors (Lipinski definition) is 0. The first kappa shape index (κ1) is 11.7. The number of rotatable bonds is 4. The molecule has 1 aromatic heterocycles. The quantitative estimate of drug-likeness (QED) is 0.461. The van der Waals surface area contributed by atoms with Gasteiger partial charge in [-0.15, -0.1) is 0 Å². The van der Waals surface area contributed by atoms with Gasteiger partial charge in [-0.2, -0.15) is 0 Å².